The second-order valence-corrected chi connectivity index (χ2v) is 7.43. The molecule has 0 saturated heterocycles. The molecule has 3 aromatic rings. The van der Waals surface area contributed by atoms with Crippen LogP contribution in [-0.2, 0) is 4.79 Å². The molecule has 2 atom stereocenters. The minimum atomic E-state index is -0.160. The number of hydrogen-bond acceptors (Lipinski definition) is 2. The highest BCUT2D eigenvalue weighted by Gasteiger charge is 2.37. The van der Waals surface area contributed by atoms with E-state index in [2.05, 4.69) is 0 Å². The lowest BCUT2D eigenvalue weighted by Gasteiger charge is -2.43. The van der Waals surface area contributed by atoms with Gasteiger partial charge in [-0.25, -0.2) is 0 Å². The smallest absolute Gasteiger partial charge is 0.258 e. The van der Waals surface area contributed by atoms with Gasteiger partial charge in [-0.1, -0.05) is 54.6 Å². The minimum Gasteiger partial charge on any atom is -0.309 e. The summed E-state index contributed by atoms with van der Waals surface area (Å²) < 4.78 is 0. The van der Waals surface area contributed by atoms with E-state index in [-0.39, 0.29) is 23.9 Å². The number of anilines is 2. The number of hydrogen-bond donors (Lipinski definition) is 0. The molecular weight excluding hydrogens is 360 g/mol. The van der Waals surface area contributed by atoms with E-state index in [1.54, 1.807) is 6.92 Å². The van der Waals surface area contributed by atoms with Crippen molar-refractivity contribution < 1.29 is 9.59 Å². The van der Waals surface area contributed by atoms with Gasteiger partial charge in [0.1, 0.15) is 0 Å². The van der Waals surface area contributed by atoms with Crippen molar-refractivity contribution in [3.05, 3.63) is 96.1 Å². The number of fused-ring (bicyclic) bond motifs is 1. The van der Waals surface area contributed by atoms with E-state index in [0.717, 1.165) is 16.9 Å². The van der Waals surface area contributed by atoms with Crippen LogP contribution in [0.25, 0.3) is 0 Å². The van der Waals surface area contributed by atoms with E-state index < -0.39 is 0 Å². The zero-order chi connectivity index (χ0) is 20.4. The van der Waals surface area contributed by atoms with Gasteiger partial charge in [0.2, 0.25) is 5.91 Å². The first-order chi connectivity index (χ1) is 14.1. The van der Waals surface area contributed by atoms with Crippen LogP contribution in [0.5, 0.6) is 0 Å². The standard InChI is InChI=1S/C25H24N2O2/c1-18-17-24(22-15-9-10-16-23(22)26(18)19(2)28)27(21-13-7-4-8-14-21)25(29)20-11-5-3-6-12-20/h3-16,18,24H,17H2,1-2H3/t18-,24+/m1/s1. The summed E-state index contributed by atoms with van der Waals surface area (Å²) in [6, 6.07) is 26.9. The lowest BCUT2D eigenvalue weighted by Crippen LogP contribution is -2.47. The first kappa shape index (κ1) is 18.9. The molecule has 0 N–H and O–H groups in total. The molecule has 4 nitrogen and oxygen atoms in total. The van der Waals surface area contributed by atoms with Gasteiger partial charge in [-0.3, -0.25) is 9.59 Å². The first-order valence-corrected chi connectivity index (χ1v) is 9.90. The molecule has 0 fully saturated rings. The molecule has 1 aliphatic heterocycles. The molecule has 2 amide bonds. The normalized spacial score (nSPS) is 18.1. The topological polar surface area (TPSA) is 40.6 Å². The van der Waals surface area contributed by atoms with Crippen LogP contribution < -0.4 is 9.80 Å². The van der Waals surface area contributed by atoms with Crippen LogP contribution in [0.1, 0.15) is 42.2 Å². The predicted octanol–water partition coefficient (Wildman–Crippen LogP) is 5.22. The van der Waals surface area contributed by atoms with Crippen molar-refractivity contribution in [3.63, 3.8) is 0 Å². The van der Waals surface area contributed by atoms with E-state index in [9.17, 15) is 9.59 Å². The maximum Gasteiger partial charge on any atom is 0.258 e. The fourth-order valence-electron chi connectivity index (χ4n) is 4.25. The largest absolute Gasteiger partial charge is 0.309 e. The van der Waals surface area contributed by atoms with E-state index in [1.165, 1.54) is 0 Å². The molecule has 1 aliphatic rings. The zero-order valence-corrected chi connectivity index (χ0v) is 16.7. The number of carbonyl (C=O) groups is 2. The van der Waals surface area contributed by atoms with Crippen molar-refractivity contribution in [2.45, 2.75) is 32.4 Å². The maximum atomic E-state index is 13.6. The van der Waals surface area contributed by atoms with Gasteiger partial charge >= 0.3 is 0 Å². The summed E-state index contributed by atoms with van der Waals surface area (Å²) in [5, 5.41) is 0. The van der Waals surface area contributed by atoms with Crippen LogP contribution in [0.4, 0.5) is 11.4 Å². The van der Waals surface area contributed by atoms with Gasteiger partial charge in [0, 0.05) is 29.9 Å². The lowest BCUT2D eigenvalue weighted by atomic mass is 9.89. The third-order valence-corrected chi connectivity index (χ3v) is 5.49. The van der Waals surface area contributed by atoms with Crippen LogP contribution in [-0.4, -0.2) is 17.9 Å². The highest BCUT2D eigenvalue weighted by molar-refractivity contribution is 6.07. The Bertz CT molecular complexity index is 1020. The molecule has 0 aliphatic carbocycles. The van der Waals surface area contributed by atoms with Gasteiger partial charge in [0.05, 0.1) is 6.04 Å². The van der Waals surface area contributed by atoms with Crippen LogP contribution in [0, 0.1) is 0 Å². The summed E-state index contributed by atoms with van der Waals surface area (Å²) in [7, 11) is 0. The van der Waals surface area contributed by atoms with Gasteiger partial charge in [0.25, 0.3) is 5.91 Å². The molecule has 1 heterocycles. The van der Waals surface area contributed by atoms with Crippen molar-refractivity contribution in [1.29, 1.82) is 0 Å². The van der Waals surface area contributed by atoms with Crippen molar-refractivity contribution >= 4 is 23.2 Å². The Balaban J connectivity index is 1.86. The Labute approximate surface area is 171 Å². The van der Waals surface area contributed by atoms with Crippen molar-refractivity contribution in [1.82, 2.24) is 0 Å². The third kappa shape index (κ3) is 3.54. The summed E-state index contributed by atoms with van der Waals surface area (Å²) in [5.74, 6) is -0.0240. The molecule has 4 heteroatoms. The van der Waals surface area contributed by atoms with Crippen molar-refractivity contribution in [2.24, 2.45) is 0 Å². The second-order valence-electron chi connectivity index (χ2n) is 7.43. The maximum absolute atomic E-state index is 13.6. The van der Waals surface area contributed by atoms with Crippen LogP contribution in [0.3, 0.4) is 0 Å². The highest BCUT2D eigenvalue weighted by atomic mass is 16.2. The Hall–Kier alpha value is -3.40. The van der Waals surface area contributed by atoms with E-state index >= 15 is 0 Å². The zero-order valence-electron chi connectivity index (χ0n) is 16.7. The molecule has 0 bridgehead atoms. The number of benzene rings is 3. The van der Waals surface area contributed by atoms with Crippen LogP contribution >= 0.6 is 0 Å². The third-order valence-electron chi connectivity index (χ3n) is 5.49. The molecule has 3 aromatic carbocycles. The molecular formula is C25H24N2O2. The van der Waals surface area contributed by atoms with Gasteiger partial charge in [-0.15, -0.1) is 0 Å². The molecule has 0 unspecified atom stereocenters. The molecule has 0 saturated carbocycles. The molecule has 29 heavy (non-hydrogen) atoms. The van der Waals surface area contributed by atoms with Crippen molar-refractivity contribution in [2.75, 3.05) is 9.80 Å². The lowest BCUT2D eigenvalue weighted by molar-refractivity contribution is -0.117. The predicted molar refractivity (Wildman–Crippen MR) is 116 cm³/mol. The Kier molecular flexibility index (Phi) is 5.17. The Morgan fingerprint density at radius 3 is 2.10 bits per heavy atom. The summed E-state index contributed by atoms with van der Waals surface area (Å²) in [4.78, 5) is 29.7. The average Bonchev–Trinajstić information content (AvgIpc) is 2.75. The number of rotatable bonds is 3. The number of carbonyl (C=O) groups excluding carboxylic acids is 2. The second kappa shape index (κ2) is 7.92. The number of para-hydroxylation sites is 2. The van der Waals surface area contributed by atoms with Gasteiger partial charge < -0.3 is 9.80 Å². The van der Waals surface area contributed by atoms with E-state index in [4.69, 9.17) is 0 Å². The van der Waals surface area contributed by atoms with Crippen LogP contribution in [0.15, 0.2) is 84.9 Å². The van der Waals surface area contributed by atoms with E-state index in [0.29, 0.717) is 12.0 Å². The quantitative estimate of drug-likeness (QED) is 0.621. The minimum absolute atomic E-state index is 0.0119. The molecule has 4 rings (SSSR count). The number of nitrogens with zero attached hydrogens (tertiary/aromatic N) is 2. The Morgan fingerprint density at radius 2 is 1.45 bits per heavy atom. The molecule has 0 radical (unpaired) electrons. The SMILES string of the molecule is CC(=O)N1c2ccccc2[C@@H](N(C(=O)c2ccccc2)c2ccccc2)C[C@H]1C. The molecule has 0 spiro atoms. The first-order valence-electron chi connectivity index (χ1n) is 9.90. The monoisotopic (exact) mass is 384 g/mol. The Morgan fingerprint density at radius 1 is 0.862 bits per heavy atom. The van der Waals surface area contributed by atoms with Gasteiger partial charge in [-0.2, -0.15) is 0 Å². The fraction of sp³-hybridized carbons (Fsp3) is 0.200. The average molecular weight is 384 g/mol. The van der Waals surface area contributed by atoms with Crippen molar-refractivity contribution in [3.8, 4) is 0 Å². The summed E-state index contributed by atoms with van der Waals surface area (Å²) in [6.07, 6.45) is 0.671. The number of amides is 2. The summed E-state index contributed by atoms with van der Waals surface area (Å²) >= 11 is 0. The summed E-state index contributed by atoms with van der Waals surface area (Å²) in [5.41, 5.74) is 3.37. The fourth-order valence-corrected chi connectivity index (χ4v) is 4.25. The van der Waals surface area contributed by atoms with E-state index in [1.807, 2.05) is 102 Å². The molecule has 0 aromatic heterocycles. The summed E-state index contributed by atoms with van der Waals surface area (Å²) in [6.45, 7) is 3.64. The van der Waals surface area contributed by atoms with Gasteiger partial charge in [0.15, 0.2) is 0 Å². The van der Waals surface area contributed by atoms with Gasteiger partial charge in [-0.05, 0) is 49.2 Å². The molecule has 146 valence electrons. The highest BCUT2D eigenvalue weighted by Crippen LogP contribution is 2.42. The van der Waals surface area contributed by atoms with Crippen LogP contribution in [0.2, 0.25) is 0 Å².